The molecule has 0 aromatic heterocycles. The summed E-state index contributed by atoms with van der Waals surface area (Å²) in [4.78, 5) is 35.3. The number of benzene rings is 2. The van der Waals surface area contributed by atoms with Gasteiger partial charge in [-0.1, -0.05) is 30.3 Å². The average Bonchev–Trinajstić information content (AvgIpc) is 2.59. The molecule has 0 saturated carbocycles. The molecule has 0 spiro atoms. The van der Waals surface area contributed by atoms with Crippen molar-refractivity contribution in [1.82, 2.24) is 5.32 Å². The lowest BCUT2D eigenvalue weighted by Crippen LogP contribution is -2.34. The van der Waals surface area contributed by atoms with Gasteiger partial charge in [0.2, 0.25) is 0 Å². The van der Waals surface area contributed by atoms with Gasteiger partial charge in [-0.05, 0) is 24.3 Å². The minimum absolute atomic E-state index is 0.174. The third-order valence-corrected chi connectivity index (χ3v) is 4.28. The van der Waals surface area contributed by atoms with Crippen LogP contribution in [0.4, 0.5) is 0 Å². The molecule has 25 heavy (non-hydrogen) atoms. The van der Waals surface area contributed by atoms with Crippen LogP contribution in [0.3, 0.4) is 0 Å². The van der Waals surface area contributed by atoms with E-state index < -0.39 is 34.2 Å². The molecule has 0 bridgehead atoms. The number of sulfone groups is 1. The molecule has 8 heteroatoms. The lowest BCUT2D eigenvalue weighted by Gasteiger charge is -2.08. The van der Waals surface area contributed by atoms with Crippen molar-refractivity contribution < 1.29 is 27.5 Å². The number of amides is 2. The van der Waals surface area contributed by atoms with Crippen LogP contribution in [0.15, 0.2) is 59.5 Å². The summed E-state index contributed by atoms with van der Waals surface area (Å²) in [7, 11) is -3.63. The number of rotatable bonds is 5. The number of ether oxygens (including phenoxy) is 1. The van der Waals surface area contributed by atoms with Gasteiger partial charge < -0.3 is 4.74 Å². The minimum Gasteiger partial charge on any atom is -0.452 e. The Morgan fingerprint density at radius 1 is 0.960 bits per heavy atom. The van der Waals surface area contributed by atoms with E-state index >= 15 is 0 Å². The number of nitrogens with one attached hydrogen (secondary N) is 1. The first-order valence-electron chi connectivity index (χ1n) is 7.14. The molecule has 0 radical (unpaired) electrons. The van der Waals surface area contributed by atoms with Gasteiger partial charge in [0.15, 0.2) is 16.4 Å². The smallest absolute Gasteiger partial charge is 0.339 e. The Balaban J connectivity index is 1.99. The number of carbonyl (C=O) groups excluding carboxylic acids is 3. The second kappa shape index (κ2) is 7.71. The fraction of sp³-hybridized carbons (Fsp3) is 0.118. The third kappa shape index (κ3) is 4.98. The van der Waals surface area contributed by atoms with Gasteiger partial charge in [-0.15, -0.1) is 0 Å². The van der Waals surface area contributed by atoms with E-state index in [4.69, 9.17) is 4.74 Å². The van der Waals surface area contributed by atoms with E-state index in [0.717, 1.165) is 6.26 Å². The molecular weight excluding hydrogens is 346 g/mol. The first-order chi connectivity index (χ1) is 11.8. The zero-order valence-corrected chi connectivity index (χ0v) is 14.1. The lowest BCUT2D eigenvalue weighted by molar-refractivity contribution is -0.123. The summed E-state index contributed by atoms with van der Waals surface area (Å²) in [5, 5.41) is 2.07. The third-order valence-electron chi connectivity index (χ3n) is 3.13. The highest BCUT2D eigenvalue weighted by molar-refractivity contribution is 7.90. The van der Waals surface area contributed by atoms with Gasteiger partial charge in [0.1, 0.15) is 0 Å². The number of carbonyl (C=O) groups is 3. The van der Waals surface area contributed by atoms with Gasteiger partial charge in [0.05, 0.1) is 10.5 Å². The molecule has 0 aliphatic carbocycles. The maximum absolute atomic E-state index is 12.0. The summed E-state index contributed by atoms with van der Waals surface area (Å²) in [6, 6.07) is 13.6. The van der Waals surface area contributed by atoms with E-state index in [1.807, 2.05) is 0 Å². The average molecular weight is 361 g/mol. The van der Waals surface area contributed by atoms with Crippen LogP contribution in [0.25, 0.3) is 0 Å². The number of hydrogen-bond acceptors (Lipinski definition) is 6. The molecule has 0 unspecified atom stereocenters. The Kier molecular flexibility index (Phi) is 5.66. The van der Waals surface area contributed by atoms with E-state index in [2.05, 4.69) is 5.32 Å². The second-order valence-corrected chi connectivity index (χ2v) is 7.07. The molecule has 7 nitrogen and oxygen atoms in total. The van der Waals surface area contributed by atoms with Gasteiger partial charge >= 0.3 is 5.97 Å². The van der Waals surface area contributed by atoms with Gasteiger partial charge in [0.25, 0.3) is 11.8 Å². The maximum atomic E-state index is 12.0. The monoisotopic (exact) mass is 361 g/mol. The van der Waals surface area contributed by atoms with Crippen molar-refractivity contribution in [2.24, 2.45) is 0 Å². The van der Waals surface area contributed by atoms with E-state index in [1.54, 1.807) is 18.2 Å². The van der Waals surface area contributed by atoms with Crippen LogP contribution in [0.1, 0.15) is 20.7 Å². The normalized spacial score (nSPS) is 10.8. The topological polar surface area (TPSA) is 107 Å². The van der Waals surface area contributed by atoms with E-state index in [-0.39, 0.29) is 16.0 Å². The Morgan fingerprint density at radius 3 is 2.20 bits per heavy atom. The number of hydrogen-bond donors (Lipinski definition) is 1. The van der Waals surface area contributed by atoms with Gasteiger partial charge in [0, 0.05) is 11.8 Å². The second-order valence-electron chi connectivity index (χ2n) is 5.09. The van der Waals surface area contributed by atoms with E-state index in [1.165, 1.54) is 36.4 Å². The van der Waals surface area contributed by atoms with E-state index in [0.29, 0.717) is 0 Å². The van der Waals surface area contributed by atoms with Crippen molar-refractivity contribution in [3.05, 3.63) is 65.7 Å². The van der Waals surface area contributed by atoms with E-state index in [9.17, 15) is 22.8 Å². The van der Waals surface area contributed by atoms with Crippen molar-refractivity contribution in [1.29, 1.82) is 0 Å². The summed E-state index contributed by atoms with van der Waals surface area (Å²) in [5.74, 6) is -2.42. The predicted molar refractivity (Wildman–Crippen MR) is 88.7 cm³/mol. The number of imide groups is 1. The van der Waals surface area contributed by atoms with Crippen molar-refractivity contribution in [3.8, 4) is 0 Å². The molecule has 0 heterocycles. The van der Waals surface area contributed by atoms with Crippen molar-refractivity contribution in [2.45, 2.75) is 4.90 Å². The van der Waals surface area contributed by atoms with Crippen LogP contribution in [-0.4, -0.2) is 39.1 Å². The van der Waals surface area contributed by atoms with Crippen molar-refractivity contribution >= 4 is 27.6 Å². The fourth-order valence-corrected chi connectivity index (χ4v) is 2.87. The predicted octanol–water partition coefficient (Wildman–Crippen LogP) is 1.20. The largest absolute Gasteiger partial charge is 0.452 e. The SMILES string of the molecule is CS(=O)(=O)c1ccccc1C(=O)OCC(=O)NC(=O)c1ccccc1. The molecule has 2 amide bonds. The molecule has 0 saturated heterocycles. The van der Waals surface area contributed by atoms with Crippen LogP contribution < -0.4 is 5.32 Å². The standard InChI is InChI=1S/C17H15NO6S/c1-25(22,23)14-10-6-5-9-13(14)17(21)24-11-15(19)18-16(20)12-7-3-2-4-8-12/h2-10H,11H2,1H3,(H,18,19,20). The summed E-state index contributed by atoms with van der Waals surface area (Å²) in [6.07, 6.45) is 0.963. The zero-order chi connectivity index (χ0) is 18.4. The summed E-state index contributed by atoms with van der Waals surface area (Å²) in [5.41, 5.74) is 0.108. The summed E-state index contributed by atoms with van der Waals surface area (Å²) in [6.45, 7) is -0.713. The van der Waals surface area contributed by atoms with Crippen molar-refractivity contribution in [3.63, 3.8) is 0 Å². The highest BCUT2D eigenvalue weighted by atomic mass is 32.2. The fourth-order valence-electron chi connectivity index (χ4n) is 1.99. The summed E-state index contributed by atoms with van der Waals surface area (Å²) < 4.78 is 28.1. The highest BCUT2D eigenvalue weighted by Crippen LogP contribution is 2.16. The molecule has 0 fully saturated rings. The van der Waals surface area contributed by atoms with Crippen molar-refractivity contribution in [2.75, 3.05) is 12.9 Å². The minimum atomic E-state index is -3.63. The quantitative estimate of drug-likeness (QED) is 0.802. The Hall–Kier alpha value is -3.00. The molecule has 0 atom stereocenters. The van der Waals surface area contributed by atoms with Crippen LogP contribution in [0.2, 0.25) is 0 Å². The molecule has 1 N–H and O–H groups in total. The molecule has 2 rings (SSSR count). The van der Waals surface area contributed by atoms with Crippen LogP contribution >= 0.6 is 0 Å². The Morgan fingerprint density at radius 2 is 1.56 bits per heavy atom. The molecular formula is C17H15NO6S. The first-order valence-corrected chi connectivity index (χ1v) is 9.03. The number of esters is 1. The lowest BCUT2D eigenvalue weighted by atomic mass is 10.2. The summed E-state index contributed by atoms with van der Waals surface area (Å²) >= 11 is 0. The van der Waals surface area contributed by atoms with Gasteiger partial charge in [-0.2, -0.15) is 0 Å². The van der Waals surface area contributed by atoms with Crippen LogP contribution in [0, 0.1) is 0 Å². The van der Waals surface area contributed by atoms with Gasteiger partial charge in [-0.25, -0.2) is 13.2 Å². The zero-order valence-electron chi connectivity index (χ0n) is 13.3. The van der Waals surface area contributed by atoms with Crippen LogP contribution in [0.5, 0.6) is 0 Å². The first kappa shape index (κ1) is 18.3. The molecule has 0 aliphatic heterocycles. The molecule has 2 aromatic rings. The highest BCUT2D eigenvalue weighted by Gasteiger charge is 2.20. The van der Waals surface area contributed by atoms with Crippen LogP contribution in [-0.2, 0) is 19.4 Å². The molecule has 2 aromatic carbocycles. The maximum Gasteiger partial charge on any atom is 0.339 e. The van der Waals surface area contributed by atoms with Gasteiger partial charge in [-0.3, -0.25) is 14.9 Å². The Labute approximate surface area is 144 Å². The molecule has 0 aliphatic rings. The molecule has 130 valence electrons. The Bertz CT molecular complexity index is 906.